The van der Waals surface area contributed by atoms with Gasteiger partial charge in [-0.3, -0.25) is 0 Å². The van der Waals surface area contributed by atoms with E-state index in [1.807, 2.05) is 0 Å². The molecule has 0 saturated carbocycles. The second kappa shape index (κ2) is 2.51. The van der Waals surface area contributed by atoms with Crippen LogP contribution in [0.25, 0.3) is 0 Å². The Bertz CT molecular complexity index is 37.3. The van der Waals surface area contributed by atoms with Crippen LogP contribution in [0, 0.1) is 0 Å². The van der Waals surface area contributed by atoms with Crippen LogP contribution in [-0.2, 0) is 0 Å². The van der Waals surface area contributed by atoms with Crippen LogP contribution in [0.5, 0.6) is 0 Å². The molecule has 6 heavy (non-hydrogen) atoms. The summed E-state index contributed by atoms with van der Waals surface area (Å²) in [6.45, 7) is 7.19. The maximum atomic E-state index is 2.44. The Labute approximate surface area is 57.5 Å². The molecule has 0 N–H and O–H groups in total. The van der Waals surface area contributed by atoms with Crippen LogP contribution in [0.2, 0.25) is 19.1 Å². The summed E-state index contributed by atoms with van der Waals surface area (Å²) >= 11 is 1.47. The van der Waals surface area contributed by atoms with Crippen molar-refractivity contribution >= 4 is 31.7 Å². The molecule has 0 amide bonds. The summed E-state index contributed by atoms with van der Waals surface area (Å²) in [5.74, 6) is 0. The van der Waals surface area contributed by atoms with E-state index in [9.17, 15) is 0 Å². The molecule has 0 aliphatic heterocycles. The van der Waals surface area contributed by atoms with E-state index in [1.54, 1.807) is 0 Å². The van der Waals surface area contributed by atoms with Gasteiger partial charge in [0.25, 0.3) is 0 Å². The van der Waals surface area contributed by atoms with Crippen LogP contribution in [0.1, 0.15) is 6.92 Å². The molecule has 0 aliphatic carbocycles. The third-order valence-corrected chi connectivity index (χ3v) is 5.30. The molecule has 0 radical (unpaired) electrons. The first-order valence-electron chi connectivity index (χ1n) is 2.56. The molecule has 0 spiro atoms. The van der Waals surface area contributed by atoms with Gasteiger partial charge in [0.1, 0.15) is 0 Å². The Hall–Kier alpha value is 1.22. The zero-order valence-electron chi connectivity index (χ0n) is 5.21. The topological polar surface area (TPSA) is 0 Å². The summed E-state index contributed by atoms with van der Waals surface area (Å²) in [5, 5.41) is 0. The molecule has 0 aromatic heterocycles. The molecular formula is C4H11NaSi. The van der Waals surface area contributed by atoms with Crippen molar-refractivity contribution in [2.75, 3.05) is 0 Å². The first kappa shape index (κ1) is 7.22. The summed E-state index contributed by atoms with van der Waals surface area (Å²) in [5.41, 5.74) is 0. The van der Waals surface area contributed by atoms with E-state index in [2.05, 4.69) is 20.0 Å². The summed E-state index contributed by atoms with van der Waals surface area (Å²) in [6.07, 6.45) is 0. The van der Waals surface area contributed by atoms with Crippen molar-refractivity contribution in [1.82, 2.24) is 0 Å². The van der Waals surface area contributed by atoms with Crippen molar-refractivity contribution in [1.29, 1.82) is 0 Å². The van der Waals surface area contributed by atoms with Gasteiger partial charge in [-0.25, -0.2) is 0 Å². The maximum absolute atomic E-state index is 2.44. The summed E-state index contributed by atoms with van der Waals surface area (Å²) in [7, 11) is 0. The van der Waals surface area contributed by atoms with Crippen LogP contribution in [0.4, 0.5) is 0 Å². The van der Waals surface area contributed by atoms with Crippen LogP contribution in [0.3, 0.4) is 0 Å². The monoisotopic (exact) mass is 110 g/mol. The second-order valence-corrected chi connectivity index (χ2v) is 16.9. The van der Waals surface area contributed by atoms with E-state index in [0.717, 1.165) is 0 Å². The third-order valence-electron chi connectivity index (χ3n) is 1.06. The van der Waals surface area contributed by atoms with Crippen molar-refractivity contribution in [3.63, 3.8) is 0 Å². The molecule has 0 aromatic rings. The molecular weight excluding hydrogens is 99.1 g/mol. The standard InChI is InChI=1S/C4H11Si.Na/c1-4-5(2)3;/h4H2,1-3H3;. The van der Waals surface area contributed by atoms with Crippen LogP contribution in [-0.4, -0.2) is 31.7 Å². The van der Waals surface area contributed by atoms with Crippen molar-refractivity contribution in [3.05, 3.63) is 0 Å². The van der Waals surface area contributed by atoms with Crippen LogP contribution in [0.15, 0.2) is 0 Å². The van der Waals surface area contributed by atoms with Crippen molar-refractivity contribution in [2.24, 2.45) is 0 Å². The minimum atomic E-state index is -0.492. The van der Waals surface area contributed by atoms with Gasteiger partial charge in [0, 0.05) is 0 Å². The molecule has 0 nitrogen and oxygen atoms in total. The predicted octanol–water partition coefficient (Wildman–Crippen LogP) is 1.38. The van der Waals surface area contributed by atoms with E-state index < -0.39 is 4.63 Å². The summed E-state index contributed by atoms with van der Waals surface area (Å²) in [4.78, 5) is 0. The Morgan fingerprint density at radius 1 is 1.50 bits per heavy atom. The van der Waals surface area contributed by atoms with Gasteiger partial charge in [0.15, 0.2) is 0 Å². The Balaban J connectivity index is 3.17. The normalized spacial score (nSPS) is 12.2. The molecule has 0 atom stereocenters. The summed E-state index contributed by atoms with van der Waals surface area (Å²) in [6, 6.07) is 1.47. The van der Waals surface area contributed by atoms with Gasteiger partial charge < -0.3 is 0 Å². The average Bonchev–Trinajstić information content (AvgIpc) is 1.35. The van der Waals surface area contributed by atoms with E-state index in [1.165, 1.54) is 33.1 Å². The fourth-order valence-electron chi connectivity index (χ4n) is 0. The Kier molecular flexibility index (Phi) is 3.01. The van der Waals surface area contributed by atoms with E-state index in [-0.39, 0.29) is 0 Å². The number of hydrogen-bond acceptors (Lipinski definition) is 0. The molecule has 32 valence electrons. The molecule has 0 aromatic carbocycles. The van der Waals surface area contributed by atoms with Gasteiger partial charge in [-0.05, 0) is 0 Å². The minimum absolute atomic E-state index is 0.492. The van der Waals surface area contributed by atoms with Gasteiger partial charge in [0.2, 0.25) is 0 Å². The van der Waals surface area contributed by atoms with E-state index in [4.69, 9.17) is 0 Å². The molecule has 0 aliphatic rings. The van der Waals surface area contributed by atoms with Gasteiger partial charge in [-0.1, -0.05) is 0 Å². The molecule has 0 fully saturated rings. The van der Waals surface area contributed by atoms with Crippen molar-refractivity contribution in [2.45, 2.75) is 26.1 Å². The van der Waals surface area contributed by atoms with E-state index in [0.29, 0.717) is 0 Å². The fourth-order valence-corrected chi connectivity index (χ4v) is 0. The van der Waals surface area contributed by atoms with Crippen molar-refractivity contribution < 1.29 is 0 Å². The molecule has 2 heteroatoms. The number of rotatable bonds is 1. The average molecular weight is 110 g/mol. The first-order chi connectivity index (χ1) is 2.56. The summed E-state index contributed by atoms with van der Waals surface area (Å²) < 4.78 is -0.492. The van der Waals surface area contributed by atoms with Gasteiger partial charge >= 0.3 is 57.7 Å². The van der Waals surface area contributed by atoms with Gasteiger partial charge in [-0.15, -0.1) is 0 Å². The van der Waals surface area contributed by atoms with Gasteiger partial charge in [-0.2, -0.15) is 0 Å². The fraction of sp³-hybridized carbons (Fsp3) is 1.00. The zero-order valence-corrected chi connectivity index (χ0v) is 8.21. The van der Waals surface area contributed by atoms with Gasteiger partial charge in [0.05, 0.1) is 0 Å². The van der Waals surface area contributed by atoms with Crippen LogP contribution < -0.4 is 0 Å². The van der Waals surface area contributed by atoms with Crippen LogP contribution >= 0.6 is 0 Å². The first-order valence-corrected chi connectivity index (χ1v) is 9.27. The Morgan fingerprint density at radius 3 is 1.67 bits per heavy atom. The molecule has 0 heterocycles. The second-order valence-electron chi connectivity index (χ2n) is 2.91. The van der Waals surface area contributed by atoms with Crippen molar-refractivity contribution in [3.8, 4) is 0 Å². The Morgan fingerprint density at radius 2 is 1.67 bits per heavy atom. The predicted molar refractivity (Wildman–Crippen MR) is 33.7 cm³/mol. The molecule has 0 rings (SSSR count). The molecule has 0 unspecified atom stereocenters. The number of hydrogen-bond donors (Lipinski definition) is 0. The SMILES string of the molecule is CC[Si](C)(C)[Na]. The third kappa shape index (κ3) is 5.22. The van der Waals surface area contributed by atoms with E-state index >= 15 is 0 Å². The molecule has 0 saturated heterocycles. The zero-order chi connectivity index (χ0) is 5.21. The quantitative estimate of drug-likeness (QED) is 0.447. The molecule has 0 bridgehead atoms.